The molecule has 1 unspecified atom stereocenters. The molecular formula is C17H28N2O. The molecule has 1 aromatic carbocycles. The van der Waals surface area contributed by atoms with Gasteiger partial charge in [0.05, 0.1) is 6.54 Å². The van der Waals surface area contributed by atoms with Crippen LogP contribution in [0.4, 0.5) is 0 Å². The minimum absolute atomic E-state index is 0.0754. The summed E-state index contributed by atoms with van der Waals surface area (Å²) in [6.07, 6.45) is 5.90. The summed E-state index contributed by atoms with van der Waals surface area (Å²) in [4.78, 5) is 11.8. The maximum atomic E-state index is 11.8. The summed E-state index contributed by atoms with van der Waals surface area (Å²) >= 11 is 0. The zero-order valence-electron chi connectivity index (χ0n) is 12.8. The van der Waals surface area contributed by atoms with Gasteiger partial charge in [-0.1, -0.05) is 63.4 Å². The van der Waals surface area contributed by atoms with Crippen molar-refractivity contribution in [3.05, 3.63) is 35.9 Å². The smallest absolute Gasteiger partial charge is 0.234 e. The Morgan fingerprint density at radius 2 is 1.85 bits per heavy atom. The van der Waals surface area contributed by atoms with E-state index >= 15 is 0 Å². The summed E-state index contributed by atoms with van der Waals surface area (Å²) in [7, 11) is 0. The average molecular weight is 276 g/mol. The van der Waals surface area contributed by atoms with E-state index in [-0.39, 0.29) is 5.91 Å². The molecule has 1 aromatic rings. The van der Waals surface area contributed by atoms with Gasteiger partial charge in [0.25, 0.3) is 0 Å². The van der Waals surface area contributed by atoms with E-state index in [0.717, 1.165) is 24.8 Å². The molecule has 0 radical (unpaired) electrons. The minimum Gasteiger partial charge on any atom is -0.351 e. The highest BCUT2D eigenvalue weighted by atomic mass is 16.1. The topological polar surface area (TPSA) is 41.1 Å². The van der Waals surface area contributed by atoms with Gasteiger partial charge in [-0.2, -0.15) is 0 Å². The van der Waals surface area contributed by atoms with E-state index in [1.54, 1.807) is 0 Å². The van der Waals surface area contributed by atoms with Crippen LogP contribution in [-0.2, 0) is 11.3 Å². The summed E-state index contributed by atoms with van der Waals surface area (Å²) in [5, 5.41) is 6.33. The molecule has 3 heteroatoms. The molecule has 0 saturated heterocycles. The van der Waals surface area contributed by atoms with Crippen LogP contribution in [0.25, 0.3) is 0 Å². The van der Waals surface area contributed by atoms with Gasteiger partial charge in [0.1, 0.15) is 0 Å². The van der Waals surface area contributed by atoms with E-state index in [2.05, 4.69) is 24.5 Å². The van der Waals surface area contributed by atoms with Crippen molar-refractivity contribution in [2.75, 3.05) is 6.54 Å². The third-order valence-electron chi connectivity index (χ3n) is 3.43. The number of carbonyl (C=O) groups is 1. The maximum absolute atomic E-state index is 11.8. The normalized spacial score (nSPS) is 12.1. The van der Waals surface area contributed by atoms with E-state index in [0.29, 0.717) is 19.1 Å². The van der Waals surface area contributed by atoms with Gasteiger partial charge in [0.15, 0.2) is 0 Å². The maximum Gasteiger partial charge on any atom is 0.234 e. The molecule has 0 aliphatic heterocycles. The second kappa shape index (κ2) is 10.4. The Labute approximate surface area is 123 Å². The Bertz CT molecular complexity index is 365. The predicted molar refractivity (Wildman–Crippen MR) is 84.5 cm³/mol. The summed E-state index contributed by atoms with van der Waals surface area (Å²) in [6.45, 7) is 5.42. The van der Waals surface area contributed by atoms with Crippen molar-refractivity contribution in [3.8, 4) is 0 Å². The van der Waals surface area contributed by atoms with Gasteiger partial charge in [-0.15, -0.1) is 0 Å². The zero-order valence-corrected chi connectivity index (χ0v) is 12.8. The molecule has 0 heterocycles. The molecule has 3 nitrogen and oxygen atoms in total. The Kier molecular flexibility index (Phi) is 8.72. The fourth-order valence-corrected chi connectivity index (χ4v) is 2.24. The highest BCUT2D eigenvalue weighted by molar-refractivity contribution is 5.78. The van der Waals surface area contributed by atoms with Crippen molar-refractivity contribution in [3.63, 3.8) is 0 Å². The van der Waals surface area contributed by atoms with Crippen LogP contribution in [0.1, 0.15) is 51.5 Å². The van der Waals surface area contributed by atoms with Crippen molar-refractivity contribution < 1.29 is 4.79 Å². The van der Waals surface area contributed by atoms with Crippen LogP contribution in [0.15, 0.2) is 30.3 Å². The highest BCUT2D eigenvalue weighted by Gasteiger charge is 2.08. The van der Waals surface area contributed by atoms with E-state index < -0.39 is 0 Å². The lowest BCUT2D eigenvalue weighted by atomic mass is 10.1. The van der Waals surface area contributed by atoms with Crippen LogP contribution in [0.2, 0.25) is 0 Å². The molecule has 1 rings (SSSR count). The number of hydrogen-bond acceptors (Lipinski definition) is 2. The molecule has 1 amide bonds. The molecule has 0 saturated carbocycles. The van der Waals surface area contributed by atoms with Crippen LogP contribution < -0.4 is 10.6 Å². The monoisotopic (exact) mass is 276 g/mol. The lowest BCUT2D eigenvalue weighted by Gasteiger charge is -2.17. The summed E-state index contributed by atoms with van der Waals surface area (Å²) in [5.41, 5.74) is 1.14. The van der Waals surface area contributed by atoms with Crippen LogP contribution in [-0.4, -0.2) is 18.5 Å². The van der Waals surface area contributed by atoms with Crippen molar-refractivity contribution in [2.24, 2.45) is 0 Å². The first-order valence-electron chi connectivity index (χ1n) is 7.80. The molecule has 0 fully saturated rings. The second-order valence-electron chi connectivity index (χ2n) is 5.27. The number of unbranched alkanes of at least 4 members (excludes halogenated alkanes) is 1. The van der Waals surface area contributed by atoms with Gasteiger partial charge in [0.2, 0.25) is 5.91 Å². The van der Waals surface area contributed by atoms with E-state index in [1.165, 1.54) is 12.8 Å². The second-order valence-corrected chi connectivity index (χ2v) is 5.27. The highest BCUT2D eigenvalue weighted by Crippen LogP contribution is 2.06. The number of nitrogens with one attached hydrogen (secondary N) is 2. The average Bonchev–Trinajstić information content (AvgIpc) is 2.49. The molecule has 2 N–H and O–H groups in total. The Balaban J connectivity index is 2.23. The van der Waals surface area contributed by atoms with Gasteiger partial charge in [-0.3, -0.25) is 4.79 Å². The molecule has 0 aliphatic rings. The van der Waals surface area contributed by atoms with E-state index in [4.69, 9.17) is 0 Å². The van der Waals surface area contributed by atoms with Crippen molar-refractivity contribution in [1.82, 2.24) is 10.6 Å². The molecule has 0 aliphatic carbocycles. The van der Waals surface area contributed by atoms with Gasteiger partial charge in [-0.05, 0) is 18.4 Å². The summed E-state index contributed by atoms with van der Waals surface area (Å²) < 4.78 is 0. The van der Waals surface area contributed by atoms with Gasteiger partial charge in [0, 0.05) is 12.6 Å². The van der Waals surface area contributed by atoms with E-state index in [1.807, 2.05) is 30.3 Å². The minimum atomic E-state index is 0.0754. The predicted octanol–water partition coefficient (Wildman–Crippen LogP) is 3.25. The number of hydrogen-bond donors (Lipinski definition) is 2. The fourth-order valence-electron chi connectivity index (χ4n) is 2.24. The van der Waals surface area contributed by atoms with Crippen molar-refractivity contribution in [2.45, 2.75) is 58.5 Å². The fraction of sp³-hybridized carbons (Fsp3) is 0.588. The standard InChI is InChI=1S/C17H28N2O/c1-3-5-12-16(9-4-2)18-14-17(20)19-13-15-10-7-6-8-11-15/h6-8,10-11,16,18H,3-5,9,12-14H2,1-2H3,(H,19,20). The van der Waals surface area contributed by atoms with Crippen LogP contribution >= 0.6 is 0 Å². The first-order chi connectivity index (χ1) is 9.76. The molecule has 0 spiro atoms. The summed E-state index contributed by atoms with van der Waals surface area (Å²) in [5.74, 6) is 0.0754. The van der Waals surface area contributed by atoms with Crippen LogP contribution in [0, 0.1) is 0 Å². The Hall–Kier alpha value is -1.35. The lowest BCUT2D eigenvalue weighted by Crippen LogP contribution is -2.39. The largest absolute Gasteiger partial charge is 0.351 e. The van der Waals surface area contributed by atoms with Crippen LogP contribution in [0.5, 0.6) is 0 Å². The third-order valence-corrected chi connectivity index (χ3v) is 3.43. The molecule has 0 aromatic heterocycles. The quantitative estimate of drug-likeness (QED) is 0.689. The first-order valence-corrected chi connectivity index (χ1v) is 7.80. The van der Waals surface area contributed by atoms with Crippen molar-refractivity contribution in [1.29, 1.82) is 0 Å². The molecule has 20 heavy (non-hydrogen) atoms. The number of rotatable bonds is 10. The lowest BCUT2D eigenvalue weighted by molar-refractivity contribution is -0.120. The molecular weight excluding hydrogens is 248 g/mol. The number of benzene rings is 1. The zero-order chi connectivity index (χ0) is 14.6. The molecule has 112 valence electrons. The van der Waals surface area contributed by atoms with Gasteiger partial charge < -0.3 is 10.6 Å². The molecule has 0 bridgehead atoms. The van der Waals surface area contributed by atoms with Gasteiger partial charge >= 0.3 is 0 Å². The molecule has 1 atom stereocenters. The van der Waals surface area contributed by atoms with Crippen LogP contribution in [0.3, 0.4) is 0 Å². The SMILES string of the molecule is CCCCC(CCC)NCC(=O)NCc1ccccc1. The third kappa shape index (κ3) is 7.29. The number of amides is 1. The van der Waals surface area contributed by atoms with E-state index in [9.17, 15) is 4.79 Å². The Morgan fingerprint density at radius 1 is 1.10 bits per heavy atom. The van der Waals surface area contributed by atoms with Crippen molar-refractivity contribution >= 4 is 5.91 Å². The summed E-state index contributed by atoms with van der Waals surface area (Å²) in [6, 6.07) is 10.5. The number of carbonyl (C=O) groups excluding carboxylic acids is 1. The first kappa shape index (κ1) is 16.7. The van der Waals surface area contributed by atoms with Gasteiger partial charge in [-0.25, -0.2) is 0 Å². The Morgan fingerprint density at radius 3 is 2.50 bits per heavy atom.